The summed E-state index contributed by atoms with van der Waals surface area (Å²) < 4.78 is 67.8. The molecule has 2 atom stereocenters. The molecule has 0 aromatic carbocycles. The Morgan fingerprint density at radius 2 is 1.72 bits per heavy atom. The van der Waals surface area contributed by atoms with Crippen molar-refractivity contribution in [2.75, 3.05) is 0 Å². The van der Waals surface area contributed by atoms with Gasteiger partial charge in [-0.3, -0.25) is 14.0 Å². The Balaban J connectivity index is 1.32. The van der Waals surface area contributed by atoms with E-state index < -0.39 is 48.7 Å². The zero-order chi connectivity index (χ0) is 30.5. The van der Waals surface area contributed by atoms with Crippen LogP contribution >= 0.6 is 0 Å². The number of primary amides is 1. The Hall–Kier alpha value is -3.65. The van der Waals surface area contributed by atoms with Crippen molar-refractivity contribution in [2.45, 2.75) is 94.8 Å². The molecular weight excluding hydrogens is 575 g/mol. The molecule has 43 heavy (non-hydrogen) atoms. The number of fused-ring (bicyclic) bond motifs is 1. The summed E-state index contributed by atoms with van der Waals surface area (Å²) in [5.74, 6) is -4.45. The monoisotopic (exact) mass is 608 g/mol. The number of alkyl halides is 5. The van der Waals surface area contributed by atoms with Crippen LogP contribution < -0.4 is 11.1 Å². The summed E-state index contributed by atoms with van der Waals surface area (Å²) in [5.41, 5.74) is 6.93. The van der Waals surface area contributed by atoms with E-state index in [9.17, 15) is 31.5 Å². The summed E-state index contributed by atoms with van der Waals surface area (Å²) in [7, 11) is 0. The molecule has 2 amide bonds. The minimum Gasteiger partial charge on any atom is -0.364 e. The van der Waals surface area contributed by atoms with Crippen LogP contribution in [-0.2, 0) is 11.3 Å². The second-order valence-corrected chi connectivity index (χ2v) is 12.2. The highest BCUT2D eigenvalue weighted by atomic mass is 19.4. The maximum absolute atomic E-state index is 14.1. The van der Waals surface area contributed by atoms with Crippen LogP contribution in [0.5, 0.6) is 0 Å². The van der Waals surface area contributed by atoms with Gasteiger partial charge in [0.2, 0.25) is 17.6 Å². The Morgan fingerprint density at radius 1 is 1.02 bits per heavy atom. The van der Waals surface area contributed by atoms with Gasteiger partial charge in [0.05, 0.1) is 36.3 Å². The molecule has 0 radical (unpaired) electrons. The summed E-state index contributed by atoms with van der Waals surface area (Å²) in [5, 5.41) is 11.7. The summed E-state index contributed by atoms with van der Waals surface area (Å²) >= 11 is 0. The Kier molecular flexibility index (Phi) is 7.61. The van der Waals surface area contributed by atoms with Crippen LogP contribution in [0.2, 0.25) is 0 Å². The van der Waals surface area contributed by atoms with Crippen LogP contribution in [0.15, 0.2) is 18.5 Å². The van der Waals surface area contributed by atoms with Gasteiger partial charge in [-0.2, -0.15) is 23.1 Å². The number of halogens is 5. The maximum atomic E-state index is 14.1. The van der Waals surface area contributed by atoms with E-state index in [1.54, 1.807) is 22.9 Å². The molecule has 3 aliphatic carbocycles. The van der Waals surface area contributed by atoms with E-state index in [0.29, 0.717) is 29.5 Å². The van der Waals surface area contributed by atoms with Crippen LogP contribution in [0.4, 0.5) is 22.0 Å². The summed E-state index contributed by atoms with van der Waals surface area (Å²) in [4.78, 5) is 35.6. The fourth-order valence-corrected chi connectivity index (χ4v) is 5.95. The van der Waals surface area contributed by atoms with Crippen molar-refractivity contribution in [3.05, 3.63) is 41.2 Å². The van der Waals surface area contributed by atoms with Crippen LogP contribution in [0.3, 0.4) is 0 Å². The number of hydrogen-bond donors (Lipinski definition) is 2. The molecule has 6 rings (SSSR count). The first-order valence-corrected chi connectivity index (χ1v) is 14.7. The van der Waals surface area contributed by atoms with E-state index >= 15 is 0 Å². The number of nitrogens with two attached hydrogens (primary N) is 1. The number of nitrogens with one attached hydrogen (secondary N) is 1. The minimum absolute atomic E-state index is 0.0101. The molecule has 0 spiro atoms. The number of aromatic nitrogens is 6. The first kappa shape index (κ1) is 29.4. The quantitative estimate of drug-likeness (QED) is 0.304. The topological polar surface area (TPSA) is 133 Å². The lowest BCUT2D eigenvalue weighted by atomic mass is 9.75. The van der Waals surface area contributed by atoms with Gasteiger partial charge in [0.15, 0.2) is 5.69 Å². The van der Waals surface area contributed by atoms with Crippen molar-refractivity contribution in [3.63, 3.8) is 0 Å². The van der Waals surface area contributed by atoms with E-state index in [-0.39, 0.29) is 49.0 Å². The molecule has 0 unspecified atom stereocenters. The Bertz CT molecular complexity index is 1500. The number of hydrogen-bond acceptors (Lipinski definition) is 6. The van der Waals surface area contributed by atoms with Gasteiger partial charge < -0.3 is 11.1 Å². The molecule has 0 bridgehead atoms. The number of rotatable bonds is 11. The van der Waals surface area contributed by atoms with E-state index in [2.05, 4.69) is 20.5 Å². The molecule has 3 fully saturated rings. The SMILES string of the molecule is NC(=O)c1nn(CC2CC2)nc1[C@H](c1cn2ccc([C@H](NC(=O)CCC(F)(F)F)C3CC3)nc2n1)C1CCC(F)(F)CC1. The van der Waals surface area contributed by atoms with Gasteiger partial charge in [0.25, 0.3) is 5.91 Å². The first-order chi connectivity index (χ1) is 20.3. The first-order valence-electron chi connectivity index (χ1n) is 14.7. The summed E-state index contributed by atoms with van der Waals surface area (Å²) in [6.45, 7) is 0.531. The number of imidazole rings is 1. The molecule has 3 aromatic rings. The third kappa shape index (κ3) is 6.96. The third-order valence-electron chi connectivity index (χ3n) is 8.61. The molecule has 0 aliphatic heterocycles. The Morgan fingerprint density at radius 3 is 2.35 bits per heavy atom. The van der Waals surface area contributed by atoms with Gasteiger partial charge in [-0.1, -0.05) is 0 Å². The molecule has 232 valence electrons. The predicted octanol–water partition coefficient (Wildman–Crippen LogP) is 4.70. The van der Waals surface area contributed by atoms with E-state index in [4.69, 9.17) is 10.7 Å². The zero-order valence-electron chi connectivity index (χ0n) is 23.4. The van der Waals surface area contributed by atoms with E-state index in [0.717, 1.165) is 25.7 Å². The van der Waals surface area contributed by atoms with Crippen molar-refractivity contribution in [1.29, 1.82) is 0 Å². The van der Waals surface area contributed by atoms with E-state index in [1.165, 1.54) is 4.80 Å². The molecule has 3 saturated carbocycles. The largest absolute Gasteiger partial charge is 0.389 e. The Labute approximate surface area is 243 Å². The molecule has 15 heteroatoms. The number of carbonyl (C=O) groups excluding carboxylic acids is 2. The molecule has 0 saturated heterocycles. The van der Waals surface area contributed by atoms with Crippen molar-refractivity contribution in [3.8, 4) is 0 Å². The minimum atomic E-state index is -4.43. The summed E-state index contributed by atoms with van der Waals surface area (Å²) in [6, 6.07) is 1.12. The van der Waals surface area contributed by atoms with Crippen LogP contribution in [0, 0.1) is 17.8 Å². The molecule has 3 aliphatic rings. The molecule has 10 nitrogen and oxygen atoms in total. The highest BCUT2D eigenvalue weighted by Gasteiger charge is 2.42. The molecule has 3 heterocycles. The average Bonchev–Trinajstić information content (AvgIpc) is 3.86. The lowest BCUT2D eigenvalue weighted by Crippen LogP contribution is -2.31. The van der Waals surface area contributed by atoms with Crippen molar-refractivity contribution in [1.82, 2.24) is 34.7 Å². The highest BCUT2D eigenvalue weighted by Crippen LogP contribution is 2.45. The lowest BCUT2D eigenvalue weighted by molar-refractivity contribution is -0.144. The highest BCUT2D eigenvalue weighted by molar-refractivity contribution is 5.92. The van der Waals surface area contributed by atoms with Crippen LogP contribution in [-0.4, -0.2) is 53.3 Å². The second kappa shape index (κ2) is 11.1. The second-order valence-electron chi connectivity index (χ2n) is 12.2. The van der Waals surface area contributed by atoms with Gasteiger partial charge in [-0.05, 0) is 62.3 Å². The van der Waals surface area contributed by atoms with Crippen molar-refractivity contribution >= 4 is 17.6 Å². The van der Waals surface area contributed by atoms with Gasteiger partial charge >= 0.3 is 6.18 Å². The van der Waals surface area contributed by atoms with E-state index in [1.807, 2.05) is 0 Å². The van der Waals surface area contributed by atoms with Crippen LogP contribution in [0.25, 0.3) is 5.78 Å². The summed E-state index contributed by atoms with van der Waals surface area (Å²) in [6.07, 6.45) is 0.535. The van der Waals surface area contributed by atoms with Gasteiger partial charge in [0, 0.05) is 31.7 Å². The van der Waals surface area contributed by atoms with Crippen molar-refractivity contribution < 1.29 is 31.5 Å². The van der Waals surface area contributed by atoms with Gasteiger partial charge in [0.1, 0.15) is 5.69 Å². The van der Waals surface area contributed by atoms with Crippen molar-refractivity contribution in [2.24, 2.45) is 23.5 Å². The molecular formula is C28H33F5N8O2. The predicted molar refractivity (Wildman–Crippen MR) is 142 cm³/mol. The van der Waals surface area contributed by atoms with Crippen LogP contribution in [0.1, 0.15) is 104 Å². The standard InChI is InChI=1S/C28H33F5N8O2/c29-27(30)9-5-16(6-10-27)21(23-24(25(34)43)39-41(38-23)13-15-1-2-15)19-14-40-12-8-18(35-26(40)36-19)22(17-3-4-17)37-20(42)7-11-28(31,32)33/h8,12,14-17,21-22H,1-7,9-11,13H2,(H2,34,43)(H,37,42)/t21-,22+/m0/s1. The lowest BCUT2D eigenvalue weighted by Gasteiger charge is -2.32. The number of nitrogens with zero attached hydrogens (tertiary/aromatic N) is 6. The smallest absolute Gasteiger partial charge is 0.364 e. The number of carbonyl (C=O) groups is 2. The zero-order valence-corrected chi connectivity index (χ0v) is 23.4. The fraction of sp³-hybridized carbons (Fsp3) is 0.643. The fourth-order valence-electron chi connectivity index (χ4n) is 5.95. The average molecular weight is 609 g/mol. The normalized spacial score (nSPS) is 20.7. The number of amides is 2. The van der Waals surface area contributed by atoms with Gasteiger partial charge in [-0.25, -0.2) is 18.7 Å². The maximum Gasteiger partial charge on any atom is 0.389 e. The van der Waals surface area contributed by atoms with Gasteiger partial charge in [-0.15, -0.1) is 5.10 Å². The molecule has 3 aromatic heterocycles. The third-order valence-corrected chi connectivity index (χ3v) is 8.61. The molecule has 3 N–H and O–H groups in total.